The number of benzene rings is 4. The second-order valence-corrected chi connectivity index (χ2v) is 10.6. The first-order valence-corrected chi connectivity index (χ1v) is 14.7. The van der Waals surface area contributed by atoms with Crippen LogP contribution in [0.25, 0.3) is 5.57 Å². The fourth-order valence-electron chi connectivity index (χ4n) is 5.02. The molecule has 5 rings (SSSR count). The molecule has 0 atom stereocenters. The van der Waals surface area contributed by atoms with Gasteiger partial charge in [-0.25, -0.2) is 4.79 Å². The number of carbonyl (C=O) groups is 3. The molecule has 0 heterocycles. The summed E-state index contributed by atoms with van der Waals surface area (Å²) in [5.41, 5.74) is 5.06. The van der Waals surface area contributed by atoms with E-state index >= 15 is 0 Å². The van der Waals surface area contributed by atoms with Crippen molar-refractivity contribution in [1.29, 1.82) is 0 Å². The summed E-state index contributed by atoms with van der Waals surface area (Å²) in [4.78, 5) is 38.6. The largest absolute Gasteiger partial charge is 0.481 e. The van der Waals surface area contributed by atoms with Gasteiger partial charge in [0.2, 0.25) is 0 Å². The zero-order valence-corrected chi connectivity index (χ0v) is 24.4. The third kappa shape index (κ3) is 8.35. The van der Waals surface area contributed by atoms with Gasteiger partial charge in [-0.1, -0.05) is 54.6 Å². The standard InChI is InChI=1S/C36H35N3O5/c40-34(41)22-23-37-35(42)29-16-14-26(15-17-29)25-39(31-20-18-28(19-21-31)27-8-3-1-4-9-27)36(43)38-30-10-7-13-33(24-30)44-32-11-5-2-6-12-32/h2,5-8,10-21,24H,1,3-4,9,22-23,25H2,(H,37,42)(H,38,43)(H,40,41). The van der Waals surface area contributed by atoms with E-state index < -0.39 is 5.97 Å². The Morgan fingerprint density at radius 1 is 0.818 bits per heavy atom. The molecule has 0 aliphatic heterocycles. The van der Waals surface area contributed by atoms with Crippen molar-refractivity contribution in [3.05, 3.63) is 126 Å². The van der Waals surface area contributed by atoms with Gasteiger partial charge in [0.1, 0.15) is 11.5 Å². The third-order valence-electron chi connectivity index (χ3n) is 7.33. The van der Waals surface area contributed by atoms with E-state index in [0.717, 1.165) is 29.7 Å². The molecule has 4 aromatic rings. The molecule has 1 aliphatic rings. The van der Waals surface area contributed by atoms with E-state index in [0.29, 0.717) is 22.7 Å². The minimum Gasteiger partial charge on any atom is -0.481 e. The first-order chi connectivity index (χ1) is 21.4. The molecule has 0 bridgehead atoms. The molecule has 8 nitrogen and oxygen atoms in total. The van der Waals surface area contributed by atoms with Crippen molar-refractivity contribution < 1.29 is 24.2 Å². The van der Waals surface area contributed by atoms with Gasteiger partial charge in [-0.05, 0) is 90.9 Å². The number of ether oxygens (including phenoxy) is 1. The Kier molecular flexibility index (Phi) is 10.0. The van der Waals surface area contributed by atoms with E-state index in [4.69, 9.17) is 9.84 Å². The van der Waals surface area contributed by atoms with E-state index in [1.54, 1.807) is 35.2 Å². The number of hydrogen-bond acceptors (Lipinski definition) is 4. The van der Waals surface area contributed by atoms with Gasteiger partial charge in [-0.3, -0.25) is 14.5 Å². The Morgan fingerprint density at radius 2 is 1.57 bits per heavy atom. The summed E-state index contributed by atoms with van der Waals surface area (Å²) in [7, 11) is 0. The summed E-state index contributed by atoms with van der Waals surface area (Å²) in [5.74, 6) is -0.0248. The van der Waals surface area contributed by atoms with Crippen molar-refractivity contribution in [3.8, 4) is 11.5 Å². The number of nitrogens with zero attached hydrogens (tertiary/aromatic N) is 1. The van der Waals surface area contributed by atoms with Crippen molar-refractivity contribution >= 4 is 34.9 Å². The number of para-hydroxylation sites is 1. The molecular weight excluding hydrogens is 554 g/mol. The van der Waals surface area contributed by atoms with Crippen LogP contribution in [-0.4, -0.2) is 29.6 Å². The van der Waals surface area contributed by atoms with E-state index in [9.17, 15) is 14.4 Å². The molecule has 0 aromatic heterocycles. The van der Waals surface area contributed by atoms with Crippen LogP contribution in [-0.2, 0) is 11.3 Å². The molecule has 0 radical (unpaired) electrons. The number of hydrogen-bond donors (Lipinski definition) is 3. The number of carboxylic acids is 1. The number of aliphatic carboxylic acids is 1. The molecule has 3 amide bonds. The number of allylic oxidation sites excluding steroid dienone is 2. The van der Waals surface area contributed by atoms with Gasteiger partial charge in [0.05, 0.1) is 13.0 Å². The Hall–Kier alpha value is -5.37. The van der Waals surface area contributed by atoms with Gasteiger partial charge in [-0.15, -0.1) is 0 Å². The van der Waals surface area contributed by atoms with E-state index in [1.165, 1.54) is 18.4 Å². The molecule has 0 fully saturated rings. The van der Waals surface area contributed by atoms with Crippen LogP contribution < -0.4 is 20.3 Å². The van der Waals surface area contributed by atoms with Gasteiger partial charge in [-0.2, -0.15) is 0 Å². The maximum absolute atomic E-state index is 13.8. The number of carboxylic acid groups (broad SMARTS) is 1. The lowest BCUT2D eigenvalue weighted by Crippen LogP contribution is -2.34. The highest BCUT2D eigenvalue weighted by Gasteiger charge is 2.18. The molecule has 8 heteroatoms. The fraction of sp³-hybridized carbons (Fsp3) is 0.194. The average molecular weight is 590 g/mol. The first-order valence-electron chi connectivity index (χ1n) is 14.7. The zero-order chi connectivity index (χ0) is 30.7. The van der Waals surface area contributed by atoms with Gasteiger partial charge < -0.3 is 20.5 Å². The van der Waals surface area contributed by atoms with Crippen LogP contribution >= 0.6 is 0 Å². The summed E-state index contributed by atoms with van der Waals surface area (Å²) < 4.78 is 5.95. The second-order valence-electron chi connectivity index (χ2n) is 10.6. The molecular formula is C36H35N3O5. The van der Waals surface area contributed by atoms with Crippen molar-refractivity contribution in [2.45, 2.75) is 38.6 Å². The third-order valence-corrected chi connectivity index (χ3v) is 7.33. The van der Waals surface area contributed by atoms with Crippen LogP contribution in [0.1, 0.15) is 53.6 Å². The summed E-state index contributed by atoms with van der Waals surface area (Å²) in [6, 6.07) is 31.3. The Bertz CT molecular complexity index is 1620. The van der Waals surface area contributed by atoms with E-state index in [1.807, 2.05) is 60.7 Å². The van der Waals surface area contributed by atoms with Crippen LogP contribution in [0.5, 0.6) is 11.5 Å². The number of carbonyl (C=O) groups excluding carboxylic acids is 2. The lowest BCUT2D eigenvalue weighted by Gasteiger charge is -2.24. The summed E-state index contributed by atoms with van der Waals surface area (Å²) >= 11 is 0. The van der Waals surface area contributed by atoms with Gasteiger partial charge in [0.15, 0.2) is 0 Å². The van der Waals surface area contributed by atoms with Crippen LogP contribution in [0.3, 0.4) is 0 Å². The fourth-order valence-corrected chi connectivity index (χ4v) is 5.02. The highest BCUT2D eigenvalue weighted by atomic mass is 16.5. The summed E-state index contributed by atoms with van der Waals surface area (Å²) in [5, 5.41) is 14.4. The average Bonchev–Trinajstić information content (AvgIpc) is 3.05. The van der Waals surface area contributed by atoms with Gasteiger partial charge in [0, 0.05) is 29.5 Å². The highest BCUT2D eigenvalue weighted by molar-refractivity contribution is 6.02. The highest BCUT2D eigenvalue weighted by Crippen LogP contribution is 2.29. The van der Waals surface area contributed by atoms with E-state index in [-0.39, 0.29) is 31.4 Å². The summed E-state index contributed by atoms with van der Waals surface area (Å²) in [6.45, 7) is 0.309. The lowest BCUT2D eigenvalue weighted by molar-refractivity contribution is -0.136. The van der Waals surface area contributed by atoms with E-state index in [2.05, 4.69) is 28.8 Å². The molecule has 1 aliphatic carbocycles. The number of rotatable bonds is 11. The molecule has 0 spiro atoms. The predicted octanol–water partition coefficient (Wildman–Crippen LogP) is 7.88. The topological polar surface area (TPSA) is 108 Å². The monoisotopic (exact) mass is 589 g/mol. The molecule has 0 saturated carbocycles. The normalized spacial score (nSPS) is 12.5. The number of amides is 3. The smallest absolute Gasteiger partial charge is 0.326 e. The van der Waals surface area contributed by atoms with Crippen molar-refractivity contribution in [2.24, 2.45) is 0 Å². The van der Waals surface area contributed by atoms with Crippen LogP contribution in [0.4, 0.5) is 16.2 Å². The Labute approximate surface area is 257 Å². The van der Waals surface area contributed by atoms with Crippen LogP contribution in [0, 0.1) is 0 Å². The molecule has 0 saturated heterocycles. The number of urea groups is 1. The molecule has 4 aromatic carbocycles. The maximum atomic E-state index is 13.8. The first kappa shape index (κ1) is 30.1. The maximum Gasteiger partial charge on any atom is 0.326 e. The Morgan fingerprint density at radius 3 is 2.27 bits per heavy atom. The minimum atomic E-state index is -0.974. The molecule has 3 N–H and O–H groups in total. The quantitative estimate of drug-likeness (QED) is 0.165. The predicted molar refractivity (Wildman–Crippen MR) is 172 cm³/mol. The van der Waals surface area contributed by atoms with Crippen LogP contribution in [0.15, 0.2) is 109 Å². The number of nitrogens with one attached hydrogen (secondary N) is 2. The molecule has 44 heavy (non-hydrogen) atoms. The van der Waals surface area contributed by atoms with Crippen molar-refractivity contribution in [3.63, 3.8) is 0 Å². The van der Waals surface area contributed by atoms with Crippen molar-refractivity contribution in [1.82, 2.24) is 5.32 Å². The minimum absolute atomic E-state index is 0.0500. The Balaban J connectivity index is 1.34. The lowest BCUT2D eigenvalue weighted by atomic mass is 9.93. The summed E-state index contributed by atoms with van der Waals surface area (Å²) in [6.07, 6.45) is 6.70. The van der Waals surface area contributed by atoms with Gasteiger partial charge >= 0.3 is 12.0 Å². The SMILES string of the molecule is O=C(O)CCNC(=O)c1ccc(CN(C(=O)Nc2cccc(Oc3ccccc3)c2)c2ccc(C3=CCCCC3)cc2)cc1. The molecule has 0 unspecified atom stereocenters. The van der Waals surface area contributed by atoms with Crippen molar-refractivity contribution in [2.75, 3.05) is 16.8 Å². The second kappa shape index (κ2) is 14.7. The zero-order valence-electron chi connectivity index (χ0n) is 24.4. The number of anilines is 2. The van der Waals surface area contributed by atoms with Crippen LogP contribution in [0.2, 0.25) is 0 Å². The van der Waals surface area contributed by atoms with Gasteiger partial charge in [0.25, 0.3) is 5.91 Å². The molecule has 224 valence electrons.